The van der Waals surface area contributed by atoms with Crippen molar-refractivity contribution in [1.29, 1.82) is 0 Å². The Balaban J connectivity index is 0.00000180. The summed E-state index contributed by atoms with van der Waals surface area (Å²) in [6.07, 6.45) is 0. The first-order valence-corrected chi connectivity index (χ1v) is 5.72. The molecule has 6 nitrogen and oxygen atoms in total. The lowest BCUT2D eigenvalue weighted by Gasteiger charge is -2.04. The second kappa shape index (κ2) is 6.86. The molecule has 0 unspecified atom stereocenters. The Bertz CT molecular complexity index is 514. The minimum atomic E-state index is -0.0170. The van der Waals surface area contributed by atoms with Crippen LogP contribution in [0.2, 0.25) is 0 Å². The van der Waals surface area contributed by atoms with Crippen LogP contribution in [-0.2, 0) is 13.1 Å². The Kier molecular flexibility index (Phi) is 5.47. The van der Waals surface area contributed by atoms with Crippen LogP contribution in [0, 0.1) is 0 Å². The quantitative estimate of drug-likeness (QED) is 0.657. The molecule has 2 rings (SSSR count). The van der Waals surface area contributed by atoms with Gasteiger partial charge in [0.15, 0.2) is 0 Å². The van der Waals surface area contributed by atoms with Crippen molar-refractivity contribution in [1.82, 2.24) is 9.78 Å². The van der Waals surface area contributed by atoms with Crippen LogP contribution in [0.3, 0.4) is 0 Å². The monoisotopic (exact) mass is 283 g/mol. The van der Waals surface area contributed by atoms with E-state index >= 15 is 0 Å². The van der Waals surface area contributed by atoms with E-state index in [1.165, 1.54) is 4.68 Å². The van der Waals surface area contributed by atoms with E-state index in [9.17, 15) is 0 Å². The Morgan fingerprint density at radius 3 is 2.53 bits per heavy atom. The lowest BCUT2D eigenvalue weighted by atomic mass is 10.3. The van der Waals surface area contributed by atoms with E-state index < -0.39 is 0 Å². The first-order chi connectivity index (χ1) is 8.72. The average Bonchev–Trinajstić information content (AvgIpc) is 2.66. The predicted molar refractivity (Wildman–Crippen MR) is 79.2 cm³/mol. The van der Waals surface area contributed by atoms with Crippen molar-refractivity contribution in [2.24, 2.45) is 0 Å². The number of halogens is 1. The van der Waals surface area contributed by atoms with Crippen LogP contribution in [0.15, 0.2) is 30.3 Å². The van der Waals surface area contributed by atoms with Crippen LogP contribution in [-0.4, -0.2) is 21.5 Å². The number of nitrogens with one attached hydrogen (secondary N) is 1. The fourth-order valence-electron chi connectivity index (χ4n) is 1.68. The van der Waals surface area contributed by atoms with E-state index in [0.717, 1.165) is 5.69 Å². The van der Waals surface area contributed by atoms with E-state index in [-0.39, 0.29) is 19.0 Å². The van der Waals surface area contributed by atoms with Gasteiger partial charge in [-0.1, -0.05) is 18.2 Å². The molecule has 0 aliphatic rings. The van der Waals surface area contributed by atoms with Gasteiger partial charge in [0, 0.05) is 5.69 Å². The summed E-state index contributed by atoms with van der Waals surface area (Å²) in [6, 6.07) is 9.77. The maximum Gasteiger partial charge on any atom is 0.145 e. The van der Waals surface area contributed by atoms with Crippen molar-refractivity contribution in [3.8, 4) is 0 Å². The topological polar surface area (TPSA) is 102 Å². The first-order valence-electron chi connectivity index (χ1n) is 5.72. The van der Waals surface area contributed by atoms with Crippen molar-refractivity contribution in [3.63, 3.8) is 0 Å². The van der Waals surface area contributed by atoms with Crippen molar-refractivity contribution in [2.75, 3.05) is 23.4 Å². The van der Waals surface area contributed by atoms with Gasteiger partial charge >= 0.3 is 0 Å². The number of nitrogens with zero attached hydrogens (tertiary/aromatic N) is 2. The van der Waals surface area contributed by atoms with Gasteiger partial charge < -0.3 is 21.9 Å². The molecule has 0 amide bonds. The highest BCUT2D eigenvalue weighted by molar-refractivity contribution is 5.85. The maximum atomic E-state index is 8.88. The SMILES string of the molecule is Cl.Nc1c(CNc2ccccc2)nn(CCO)c1N. The molecule has 1 heterocycles. The summed E-state index contributed by atoms with van der Waals surface area (Å²) >= 11 is 0. The molecule has 1 aromatic carbocycles. The molecule has 1 aromatic heterocycles. The zero-order chi connectivity index (χ0) is 13.0. The van der Waals surface area contributed by atoms with Gasteiger partial charge in [-0.2, -0.15) is 5.10 Å². The molecular formula is C12H18ClN5O. The summed E-state index contributed by atoms with van der Waals surface area (Å²) < 4.78 is 1.51. The third-order valence-corrected chi connectivity index (χ3v) is 2.65. The zero-order valence-corrected chi connectivity index (χ0v) is 11.2. The standard InChI is InChI=1S/C12H17N5O.ClH/c13-11-10(16-17(6-7-18)12(11)14)8-15-9-4-2-1-3-5-9;/h1-5,15,18H,6-8,13-14H2;1H. The molecule has 0 atom stereocenters. The van der Waals surface area contributed by atoms with Gasteiger partial charge in [-0.15, -0.1) is 12.4 Å². The number of hydrogen-bond donors (Lipinski definition) is 4. The highest BCUT2D eigenvalue weighted by atomic mass is 35.5. The predicted octanol–water partition coefficient (Wildman–Crippen LogP) is 1.07. The van der Waals surface area contributed by atoms with Crippen molar-refractivity contribution >= 4 is 29.6 Å². The van der Waals surface area contributed by atoms with Gasteiger partial charge in [-0.3, -0.25) is 0 Å². The van der Waals surface area contributed by atoms with E-state index in [1.807, 2.05) is 30.3 Å². The summed E-state index contributed by atoms with van der Waals surface area (Å²) in [5.41, 5.74) is 13.8. The van der Waals surface area contributed by atoms with E-state index in [4.69, 9.17) is 16.6 Å². The maximum absolute atomic E-state index is 8.88. The molecule has 2 aromatic rings. The minimum absolute atomic E-state index is 0. The molecule has 0 aliphatic heterocycles. The van der Waals surface area contributed by atoms with E-state index in [1.54, 1.807) is 0 Å². The minimum Gasteiger partial charge on any atom is -0.394 e. The zero-order valence-electron chi connectivity index (χ0n) is 10.4. The fraction of sp³-hybridized carbons (Fsp3) is 0.250. The smallest absolute Gasteiger partial charge is 0.145 e. The third-order valence-electron chi connectivity index (χ3n) is 2.65. The number of aromatic nitrogens is 2. The molecule has 0 fully saturated rings. The second-order valence-electron chi connectivity index (χ2n) is 3.91. The average molecular weight is 284 g/mol. The molecule has 0 radical (unpaired) electrons. The first kappa shape index (κ1) is 15.1. The van der Waals surface area contributed by atoms with Crippen LogP contribution in [0.5, 0.6) is 0 Å². The van der Waals surface area contributed by atoms with Crippen molar-refractivity contribution < 1.29 is 5.11 Å². The molecule has 104 valence electrons. The molecule has 19 heavy (non-hydrogen) atoms. The largest absolute Gasteiger partial charge is 0.394 e. The molecule has 0 saturated carbocycles. The second-order valence-corrected chi connectivity index (χ2v) is 3.91. The molecule has 0 spiro atoms. The molecule has 0 saturated heterocycles. The normalized spacial score (nSPS) is 9.95. The lowest BCUT2D eigenvalue weighted by molar-refractivity contribution is 0.270. The van der Waals surface area contributed by atoms with Gasteiger partial charge in [0.1, 0.15) is 11.5 Å². The lowest BCUT2D eigenvalue weighted by Crippen LogP contribution is -2.08. The number of hydrogen-bond acceptors (Lipinski definition) is 5. The summed E-state index contributed by atoms with van der Waals surface area (Å²) in [5.74, 6) is 0.397. The Hall–Kier alpha value is -1.92. The number of rotatable bonds is 5. The van der Waals surface area contributed by atoms with Crippen LogP contribution in [0.4, 0.5) is 17.2 Å². The third kappa shape index (κ3) is 3.52. The van der Waals surface area contributed by atoms with Gasteiger partial charge in [0.05, 0.1) is 25.4 Å². The number of benzene rings is 1. The van der Waals surface area contributed by atoms with E-state index in [2.05, 4.69) is 10.4 Å². The van der Waals surface area contributed by atoms with Crippen LogP contribution in [0.25, 0.3) is 0 Å². The summed E-state index contributed by atoms with van der Waals surface area (Å²) in [6.45, 7) is 0.830. The molecular weight excluding hydrogens is 266 g/mol. The van der Waals surface area contributed by atoms with Gasteiger partial charge in [-0.05, 0) is 12.1 Å². The van der Waals surface area contributed by atoms with Crippen molar-refractivity contribution in [3.05, 3.63) is 36.0 Å². The van der Waals surface area contributed by atoms with Gasteiger partial charge in [0.25, 0.3) is 0 Å². The fourth-order valence-corrected chi connectivity index (χ4v) is 1.68. The number of aliphatic hydroxyl groups excluding tert-OH is 1. The summed E-state index contributed by atoms with van der Waals surface area (Å²) in [4.78, 5) is 0. The molecule has 7 heteroatoms. The Labute approximate surface area is 117 Å². The Morgan fingerprint density at radius 2 is 1.89 bits per heavy atom. The molecule has 6 N–H and O–H groups in total. The van der Waals surface area contributed by atoms with Crippen LogP contribution < -0.4 is 16.8 Å². The number of aliphatic hydroxyl groups is 1. The highest BCUT2D eigenvalue weighted by Crippen LogP contribution is 2.20. The van der Waals surface area contributed by atoms with Gasteiger partial charge in [-0.25, -0.2) is 4.68 Å². The number of anilines is 3. The number of para-hydroxylation sites is 1. The van der Waals surface area contributed by atoms with Crippen LogP contribution in [0.1, 0.15) is 5.69 Å². The van der Waals surface area contributed by atoms with E-state index in [0.29, 0.717) is 30.3 Å². The van der Waals surface area contributed by atoms with Crippen molar-refractivity contribution in [2.45, 2.75) is 13.1 Å². The molecule has 0 bridgehead atoms. The number of nitrogen functional groups attached to an aromatic ring is 2. The number of nitrogens with two attached hydrogens (primary N) is 2. The Morgan fingerprint density at radius 1 is 1.21 bits per heavy atom. The summed E-state index contributed by atoms with van der Waals surface area (Å²) in [5, 5.41) is 16.3. The van der Waals surface area contributed by atoms with Crippen LogP contribution >= 0.6 is 12.4 Å². The highest BCUT2D eigenvalue weighted by Gasteiger charge is 2.11. The van der Waals surface area contributed by atoms with Gasteiger partial charge in [0.2, 0.25) is 0 Å². The summed E-state index contributed by atoms with van der Waals surface area (Å²) in [7, 11) is 0. The molecule has 0 aliphatic carbocycles.